The van der Waals surface area contributed by atoms with E-state index in [1.165, 1.54) is 26.4 Å². The second kappa shape index (κ2) is 7.54. The van der Waals surface area contributed by atoms with Gasteiger partial charge in [-0.2, -0.15) is 0 Å². The van der Waals surface area contributed by atoms with E-state index in [2.05, 4.69) is 9.47 Å². The molecule has 0 unspecified atom stereocenters. The third-order valence-electron chi connectivity index (χ3n) is 3.19. The number of hydrogen-bond donors (Lipinski definition) is 0. The average Bonchev–Trinajstić information content (AvgIpc) is 2.52. The fraction of sp³-hybridized carbons (Fsp3) is 0.353. The van der Waals surface area contributed by atoms with Crippen molar-refractivity contribution >= 4 is 23.3 Å². The Kier molecular flexibility index (Phi) is 6.04. The summed E-state index contributed by atoms with van der Waals surface area (Å²) in [5.74, 6) is -1.37. The summed E-state index contributed by atoms with van der Waals surface area (Å²) in [7, 11) is 2.56. The number of hydrogen-bond acceptors (Lipinski definition) is 5. The highest BCUT2D eigenvalue weighted by Crippen LogP contribution is 2.24. The monoisotopic (exact) mass is 304 g/mol. The van der Waals surface area contributed by atoms with Gasteiger partial charge in [0, 0.05) is 17.6 Å². The van der Waals surface area contributed by atoms with Crippen molar-refractivity contribution in [3.8, 4) is 0 Å². The first-order valence-corrected chi connectivity index (χ1v) is 6.85. The molecular weight excluding hydrogens is 284 g/mol. The molecule has 0 aliphatic carbocycles. The van der Waals surface area contributed by atoms with Gasteiger partial charge in [0.2, 0.25) is 0 Å². The van der Waals surface area contributed by atoms with Gasteiger partial charge in [0.25, 0.3) is 0 Å². The van der Waals surface area contributed by atoms with Crippen molar-refractivity contribution in [1.29, 1.82) is 0 Å². The first kappa shape index (κ1) is 17.6. The van der Waals surface area contributed by atoms with Crippen molar-refractivity contribution < 1.29 is 23.9 Å². The van der Waals surface area contributed by atoms with Crippen LogP contribution in [0.15, 0.2) is 24.3 Å². The molecule has 0 saturated heterocycles. The van der Waals surface area contributed by atoms with Crippen LogP contribution in [0.1, 0.15) is 47.1 Å². The van der Waals surface area contributed by atoms with Crippen LogP contribution in [0.25, 0.3) is 5.57 Å². The minimum atomic E-state index is -0.515. The number of rotatable bonds is 5. The number of carbonyl (C=O) groups excluding carboxylic acids is 3. The van der Waals surface area contributed by atoms with Crippen LogP contribution in [0.5, 0.6) is 0 Å². The number of carbonyl (C=O) groups is 3. The van der Waals surface area contributed by atoms with E-state index < -0.39 is 11.9 Å². The largest absolute Gasteiger partial charge is 0.466 e. The Hall–Kier alpha value is -2.43. The van der Waals surface area contributed by atoms with Crippen molar-refractivity contribution in [2.45, 2.75) is 20.8 Å². The topological polar surface area (TPSA) is 69.7 Å². The number of ketones is 1. The normalized spacial score (nSPS) is 11.3. The molecule has 1 aromatic rings. The van der Waals surface area contributed by atoms with E-state index in [4.69, 9.17) is 0 Å². The molecule has 118 valence electrons. The zero-order valence-electron chi connectivity index (χ0n) is 13.4. The van der Waals surface area contributed by atoms with E-state index in [0.717, 1.165) is 0 Å². The third-order valence-corrected chi connectivity index (χ3v) is 3.19. The van der Waals surface area contributed by atoms with Crippen LogP contribution in [0.4, 0.5) is 0 Å². The Morgan fingerprint density at radius 3 is 2.18 bits per heavy atom. The van der Waals surface area contributed by atoms with Crippen LogP contribution in [0.3, 0.4) is 0 Å². The maximum absolute atomic E-state index is 12.4. The average molecular weight is 304 g/mol. The zero-order chi connectivity index (χ0) is 16.9. The third kappa shape index (κ3) is 4.04. The predicted octanol–water partition coefficient (Wildman–Crippen LogP) is 2.89. The summed E-state index contributed by atoms with van der Waals surface area (Å²) in [5, 5.41) is 0. The molecule has 0 spiro atoms. The van der Waals surface area contributed by atoms with E-state index in [1.54, 1.807) is 32.9 Å². The number of ether oxygens (including phenoxy) is 2. The lowest BCUT2D eigenvalue weighted by atomic mass is 9.91. The summed E-state index contributed by atoms with van der Waals surface area (Å²) in [6, 6.07) is 4.70. The summed E-state index contributed by atoms with van der Waals surface area (Å²) in [6.07, 6.45) is 1.31. The van der Waals surface area contributed by atoms with Crippen molar-refractivity contribution in [2.24, 2.45) is 5.92 Å². The summed E-state index contributed by atoms with van der Waals surface area (Å²) in [4.78, 5) is 35.4. The van der Waals surface area contributed by atoms with E-state index >= 15 is 0 Å². The molecule has 1 rings (SSSR count). The molecule has 0 amide bonds. The van der Waals surface area contributed by atoms with Crippen LogP contribution < -0.4 is 0 Å². The number of methoxy groups -OCH3 is 2. The van der Waals surface area contributed by atoms with Gasteiger partial charge in [-0.15, -0.1) is 0 Å². The van der Waals surface area contributed by atoms with E-state index in [0.29, 0.717) is 22.3 Å². The molecule has 0 aromatic heterocycles. The highest BCUT2D eigenvalue weighted by molar-refractivity contribution is 6.05. The molecule has 1 aromatic carbocycles. The van der Waals surface area contributed by atoms with Crippen molar-refractivity contribution in [2.75, 3.05) is 14.2 Å². The van der Waals surface area contributed by atoms with Gasteiger partial charge >= 0.3 is 11.9 Å². The predicted molar refractivity (Wildman–Crippen MR) is 82.6 cm³/mol. The Labute approximate surface area is 129 Å². The van der Waals surface area contributed by atoms with Gasteiger partial charge in [0.15, 0.2) is 5.78 Å². The maximum Gasteiger partial charge on any atom is 0.337 e. The molecule has 0 saturated carbocycles. The Bertz CT molecular complexity index is 626. The highest BCUT2D eigenvalue weighted by atomic mass is 16.5. The van der Waals surface area contributed by atoms with Gasteiger partial charge in [-0.1, -0.05) is 19.9 Å². The molecule has 5 heteroatoms. The van der Waals surface area contributed by atoms with Crippen LogP contribution >= 0.6 is 0 Å². The molecule has 5 nitrogen and oxygen atoms in total. The van der Waals surface area contributed by atoms with Crippen molar-refractivity contribution in [3.05, 3.63) is 41.0 Å². The summed E-state index contributed by atoms with van der Waals surface area (Å²) < 4.78 is 9.27. The van der Waals surface area contributed by atoms with Gasteiger partial charge in [0.1, 0.15) is 0 Å². The van der Waals surface area contributed by atoms with Crippen LogP contribution in [-0.2, 0) is 14.3 Å². The second-order valence-electron chi connectivity index (χ2n) is 5.12. The van der Waals surface area contributed by atoms with Crippen LogP contribution in [0.2, 0.25) is 0 Å². The van der Waals surface area contributed by atoms with Crippen molar-refractivity contribution in [1.82, 2.24) is 0 Å². The molecule has 0 heterocycles. The van der Waals surface area contributed by atoms with Gasteiger partial charge < -0.3 is 9.47 Å². The van der Waals surface area contributed by atoms with Gasteiger partial charge in [-0.3, -0.25) is 4.79 Å². The lowest BCUT2D eigenvalue weighted by molar-refractivity contribution is -0.134. The molecule has 0 N–H and O–H groups in total. The molecule has 0 aliphatic rings. The number of benzene rings is 1. The minimum absolute atomic E-state index is 0.113. The van der Waals surface area contributed by atoms with Crippen LogP contribution in [-0.4, -0.2) is 31.9 Å². The van der Waals surface area contributed by atoms with E-state index in [9.17, 15) is 14.4 Å². The first-order chi connectivity index (χ1) is 10.3. The lowest BCUT2D eigenvalue weighted by Crippen LogP contribution is -2.12. The second-order valence-corrected chi connectivity index (χ2v) is 5.12. The van der Waals surface area contributed by atoms with Gasteiger partial charge in [-0.05, 0) is 30.2 Å². The van der Waals surface area contributed by atoms with Crippen molar-refractivity contribution in [3.63, 3.8) is 0 Å². The fourth-order valence-corrected chi connectivity index (χ4v) is 1.96. The molecule has 0 radical (unpaired) electrons. The Balaban J connectivity index is 3.44. The summed E-state index contributed by atoms with van der Waals surface area (Å²) in [5.41, 5.74) is 1.86. The Morgan fingerprint density at radius 1 is 1.05 bits per heavy atom. The highest BCUT2D eigenvalue weighted by Gasteiger charge is 2.19. The zero-order valence-corrected chi connectivity index (χ0v) is 13.4. The first-order valence-electron chi connectivity index (χ1n) is 6.85. The SMILES string of the molecule is COC(=O)C=C(C)c1ccc(C(=O)OC)cc1C(=O)C(C)C. The van der Waals surface area contributed by atoms with Gasteiger partial charge in [-0.25, -0.2) is 9.59 Å². The van der Waals surface area contributed by atoms with Crippen LogP contribution in [0, 0.1) is 5.92 Å². The Morgan fingerprint density at radius 2 is 1.68 bits per heavy atom. The van der Waals surface area contributed by atoms with E-state index in [-0.39, 0.29) is 11.7 Å². The summed E-state index contributed by atoms with van der Waals surface area (Å²) in [6.45, 7) is 5.26. The molecule has 0 atom stereocenters. The quantitative estimate of drug-likeness (QED) is 0.475. The lowest BCUT2D eigenvalue weighted by Gasteiger charge is -2.13. The molecule has 0 fully saturated rings. The summed E-state index contributed by atoms with van der Waals surface area (Å²) >= 11 is 0. The molecule has 22 heavy (non-hydrogen) atoms. The molecule has 0 aliphatic heterocycles. The fourth-order valence-electron chi connectivity index (χ4n) is 1.96. The number of esters is 2. The number of Topliss-reactive ketones (excluding diaryl/α,β-unsaturated/α-hetero) is 1. The number of allylic oxidation sites excluding steroid dienone is 1. The standard InChI is InChI=1S/C17H20O5/c1-10(2)16(19)14-9-12(17(20)22-5)6-7-13(14)11(3)8-15(18)21-4/h6-10H,1-5H3. The molecule has 0 bridgehead atoms. The minimum Gasteiger partial charge on any atom is -0.466 e. The smallest absolute Gasteiger partial charge is 0.337 e. The molecular formula is C17H20O5. The van der Waals surface area contributed by atoms with E-state index in [1.807, 2.05) is 0 Å². The van der Waals surface area contributed by atoms with Gasteiger partial charge in [0.05, 0.1) is 19.8 Å². The maximum atomic E-state index is 12.4.